The van der Waals surface area contributed by atoms with Crippen LogP contribution in [0.15, 0.2) is 72.9 Å². The molecule has 0 atom stereocenters. The molecule has 0 amide bonds. The van der Waals surface area contributed by atoms with Crippen molar-refractivity contribution in [3.05, 3.63) is 94.7 Å². The second-order valence-corrected chi connectivity index (χ2v) is 9.16. The SMILES string of the molecule is C=C(C(=O)OCC)N(c1ccc(CCCC)cc1)c1ccc(Cl)cc1Oc1cc(C(F)(F)F)cc(C(F)(F)F)c1. The van der Waals surface area contributed by atoms with E-state index in [2.05, 4.69) is 13.5 Å². The van der Waals surface area contributed by atoms with Crippen molar-refractivity contribution in [3.8, 4) is 11.5 Å². The Morgan fingerprint density at radius 2 is 1.50 bits per heavy atom. The summed E-state index contributed by atoms with van der Waals surface area (Å²) >= 11 is 6.13. The maximum absolute atomic E-state index is 13.4. The summed E-state index contributed by atoms with van der Waals surface area (Å²) in [5.74, 6) is -1.75. The number of nitrogens with zero attached hydrogens (tertiary/aromatic N) is 1. The van der Waals surface area contributed by atoms with Crippen LogP contribution in [0.4, 0.5) is 37.7 Å². The number of halogens is 7. The first kappa shape index (κ1) is 30.9. The summed E-state index contributed by atoms with van der Waals surface area (Å²) in [6.45, 7) is 7.52. The van der Waals surface area contributed by atoms with Gasteiger partial charge in [-0.15, -0.1) is 0 Å². The number of benzene rings is 3. The quantitative estimate of drug-likeness (QED) is 0.135. The summed E-state index contributed by atoms with van der Waals surface area (Å²) in [6.07, 6.45) is -7.36. The number of hydrogen-bond acceptors (Lipinski definition) is 4. The maximum atomic E-state index is 13.4. The third-order valence-corrected chi connectivity index (χ3v) is 5.98. The van der Waals surface area contributed by atoms with Gasteiger partial charge in [0.25, 0.3) is 0 Å². The monoisotopic (exact) mass is 585 g/mol. The van der Waals surface area contributed by atoms with Crippen LogP contribution in [0, 0.1) is 0 Å². The third kappa shape index (κ3) is 7.71. The molecule has 0 aromatic heterocycles. The Bertz CT molecular complexity index is 1320. The zero-order valence-electron chi connectivity index (χ0n) is 21.6. The molecule has 0 saturated carbocycles. The lowest BCUT2D eigenvalue weighted by Crippen LogP contribution is -2.24. The predicted octanol–water partition coefficient (Wildman–Crippen LogP) is 9.73. The summed E-state index contributed by atoms with van der Waals surface area (Å²) in [5.41, 5.74) is -1.73. The van der Waals surface area contributed by atoms with Gasteiger partial charge in [-0.3, -0.25) is 0 Å². The molecule has 3 rings (SSSR count). The van der Waals surface area contributed by atoms with E-state index in [1.807, 2.05) is 12.1 Å². The fourth-order valence-corrected chi connectivity index (χ4v) is 3.97. The highest BCUT2D eigenvalue weighted by Gasteiger charge is 2.37. The number of alkyl halides is 6. The highest BCUT2D eigenvalue weighted by molar-refractivity contribution is 6.30. The summed E-state index contributed by atoms with van der Waals surface area (Å²) < 4.78 is 91.3. The maximum Gasteiger partial charge on any atom is 0.416 e. The molecule has 214 valence electrons. The van der Waals surface area contributed by atoms with Gasteiger partial charge < -0.3 is 14.4 Å². The van der Waals surface area contributed by atoms with Gasteiger partial charge in [-0.05, 0) is 67.8 Å². The molecular formula is C29H26ClF6NO3. The van der Waals surface area contributed by atoms with E-state index >= 15 is 0 Å². The number of anilines is 2. The van der Waals surface area contributed by atoms with Crippen LogP contribution < -0.4 is 9.64 Å². The number of carbonyl (C=O) groups is 1. The number of hydrogen-bond donors (Lipinski definition) is 0. The van der Waals surface area contributed by atoms with Crippen molar-refractivity contribution in [1.82, 2.24) is 0 Å². The highest BCUT2D eigenvalue weighted by atomic mass is 35.5. The largest absolute Gasteiger partial charge is 0.461 e. The molecule has 0 spiro atoms. The van der Waals surface area contributed by atoms with Crippen molar-refractivity contribution in [2.24, 2.45) is 0 Å². The summed E-state index contributed by atoms with van der Waals surface area (Å²) in [7, 11) is 0. The molecule has 0 unspecified atom stereocenters. The van der Waals surface area contributed by atoms with Gasteiger partial charge in [-0.25, -0.2) is 4.79 Å². The molecule has 3 aromatic carbocycles. The van der Waals surface area contributed by atoms with Crippen molar-refractivity contribution < 1.29 is 40.6 Å². The average Bonchev–Trinajstić information content (AvgIpc) is 2.88. The number of rotatable bonds is 10. The van der Waals surface area contributed by atoms with Gasteiger partial charge in [0.15, 0.2) is 5.75 Å². The standard InChI is InChI=1S/C29H26ClF6NO3/c1-4-6-7-19-8-11-23(12-9-19)37(18(3)27(38)39-5-2)25-13-10-22(30)17-26(25)40-24-15-20(28(31,32)33)14-21(16-24)29(34,35)36/h8-17H,3-7H2,1-2H3. The van der Waals surface area contributed by atoms with Crippen molar-refractivity contribution in [2.75, 3.05) is 11.5 Å². The van der Waals surface area contributed by atoms with Gasteiger partial charge in [0.05, 0.1) is 23.4 Å². The number of esters is 1. The van der Waals surface area contributed by atoms with Crippen LogP contribution in [0.5, 0.6) is 11.5 Å². The number of unbranched alkanes of at least 4 members (excludes halogenated alkanes) is 1. The molecule has 0 aliphatic rings. The van der Waals surface area contributed by atoms with E-state index in [0.29, 0.717) is 17.8 Å². The summed E-state index contributed by atoms with van der Waals surface area (Å²) in [6, 6.07) is 12.1. The third-order valence-electron chi connectivity index (χ3n) is 5.75. The average molecular weight is 586 g/mol. The number of carbonyl (C=O) groups excluding carboxylic acids is 1. The molecule has 0 saturated heterocycles. The molecule has 40 heavy (non-hydrogen) atoms. The first-order valence-electron chi connectivity index (χ1n) is 12.3. The summed E-state index contributed by atoms with van der Waals surface area (Å²) in [5, 5.41) is 0.0818. The lowest BCUT2D eigenvalue weighted by molar-refractivity contribution is -0.143. The number of ether oxygens (including phenoxy) is 2. The first-order valence-corrected chi connectivity index (χ1v) is 12.6. The molecule has 3 aromatic rings. The topological polar surface area (TPSA) is 38.8 Å². The summed E-state index contributed by atoms with van der Waals surface area (Å²) in [4.78, 5) is 14.0. The Morgan fingerprint density at radius 1 is 0.900 bits per heavy atom. The molecule has 0 heterocycles. The second-order valence-electron chi connectivity index (χ2n) is 8.73. The van der Waals surface area contributed by atoms with Crippen LogP contribution in [0.1, 0.15) is 43.4 Å². The van der Waals surface area contributed by atoms with Crippen molar-refractivity contribution in [2.45, 2.75) is 45.5 Å². The highest BCUT2D eigenvalue weighted by Crippen LogP contribution is 2.43. The minimum absolute atomic E-state index is 0.000738. The molecule has 0 aliphatic heterocycles. The molecular weight excluding hydrogens is 560 g/mol. The zero-order valence-corrected chi connectivity index (χ0v) is 22.4. The van der Waals surface area contributed by atoms with Crippen LogP contribution in [0.3, 0.4) is 0 Å². The Balaban J connectivity index is 2.16. The lowest BCUT2D eigenvalue weighted by Gasteiger charge is -2.28. The van der Waals surface area contributed by atoms with Crippen LogP contribution in [0.2, 0.25) is 5.02 Å². The van der Waals surface area contributed by atoms with E-state index in [1.165, 1.54) is 23.1 Å². The molecule has 0 fully saturated rings. The van der Waals surface area contributed by atoms with E-state index in [0.717, 1.165) is 24.8 Å². The van der Waals surface area contributed by atoms with E-state index < -0.39 is 35.2 Å². The van der Waals surface area contributed by atoms with Gasteiger partial charge in [-0.2, -0.15) is 26.3 Å². The Hall–Kier alpha value is -3.66. The van der Waals surface area contributed by atoms with Crippen molar-refractivity contribution >= 4 is 28.9 Å². The molecule has 11 heteroatoms. The predicted molar refractivity (Wildman–Crippen MR) is 141 cm³/mol. The Morgan fingerprint density at radius 3 is 2.02 bits per heavy atom. The minimum Gasteiger partial charge on any atom is -0.461 e. The fourth-order valence-electron chi connectivity index (χ4n) is 3.81. The van der Waals surface area contributed by atoms with Gasteiger partial charge in [0.2, 0.25) is 0 Å². The molecule has 0 N–H and O–H groups in total. The minimum atomic E-state index is -5.07. The van der Waals surface area contributed by atoms with Gasteiger partial charge in [0.1, 0.15) is 11.4 Å². The second kappa shape index (κ2) is 12.7. The van der Waals surface area contributed by atoms with E-state index in [4.69, 9.17) is 21.1 Å². The molecule has 0 aliphatic carbocycles. The lowest BCUT2D eigenvalue weighted by atomic mass is 10.1. The molecule has 0 radical (unpaired) electrons. The van der Waals surface area contributed by atoms with Crippen LogP contribution in [-0.2, 0) is 28.3 Å². The van der Waals surface area contributed by atoms with Crippen molar-refractivity contribution in [1.29, 1.82) is 0 Å². The Kier molecular flexibility index (Phi) is 9.78. The fraction of sp³-hybridized carbons (Fsp3) is 0.276. The van der Waals surface area contributed by atoms with Gasteiger partial charge >= 0.3 is 18.3 Å². The Labute approximate surface area is 232 Å². The van der Waals surface area contributed by atoms with E-state index in [9.17, 15) is 31.1 Å². The smallest absolute Gasteiger partial charge is 0.416 e. The molecule has 0 bridgehead atoms. The number of aryl methyl sites for hydroxylation is 1. The van der Waals surface area contributed by atoms with Crippen molar-refractivity contribution in [3.63, 3.8) is 0 Å². The van der Waals surface area contributed by atoms with E-state index in [1.54, 1.807) is 19.1 Å². The van der Waals surface area contributed by atoms with E-state index in [-0.39, 0.29) is 34.8 Å². The van der Waals surface area contributed by atoms with Gasteiger partial charge in [-0.1, -0.05) is 43.7 Å². The van der Waals surface area contributed by atoms with Crippen LogP contribution in [-0.4, -0.2) is 12.6 Å². The van der Waals surface area contributed by atoms with Crippen LogP contribution in [0.25, 0.3) is 0 Å². The normalized spacial score (nSPS) is 11.7. The van der Waals surface area contributed by atoms with Gasteiger partial charge in [0, 0.05) is 16.8 Å². The molecule has 4 nitrogen and oxygen atoms in total. The zero-order chi connectivity index (χ0) is 29.7. The van der Waals surface area contributed by atoms with Crippen LogP contribution >= 0.6 is 11.6 Å². The first-order chi connectivity index (χ1) is 18.7.